The molecule has 2 unspecified atom stereocenters. The highest BCUT2D eigenvalue weighted by Crippen LogP contribution is 2.30. The van der Waals surface area contributed by atoms with E-state index in [4.69, 9.17) is 5.73 Å². The average Bonchev–Trinajstić information content (AvgIpc) is 3.11. The topological polar surface area (TPSA) is 58.4 Å². The summed E-state index contributed by atoms with van der Waals surface area (Å²) in [6, 6.07) is 0.649. The van der Waals surface area contributed by atoms with Crippen molar-refractivity contribution < 1.29 is 4.79 Å². The van der Waals surface area contributed by atoms with Crippen LogP contribution < -0.4 is 11.1 Å². The Labute approximate surface area is 140 Å². The van der Waals surface area contributed by atoms with Gasteiger partial charge in [-0.2, -0.15) is 0 Å². The molecule has 1 heterocycles. The Morgan fingerprint density at radius 3 is 2.24 bits per heavy atom. The first-order valence-electron chi connectivity index (χ1n) is 7.99. The number of hydrogen-bond donors (Lipinski definition) is 2. The van der Waals surface area contributed by atoms with E-state index in [1.165, 1.54) is 19.4 Å². The van der Waals surface area contributed by atoms with E-state index < -0.39 is 0 Å². The first-order valence-corrected chi connectivity index (χ1v) is 7.99. The lowest BCUT2D eigenvalue weighted by atomic mass is 10.0. The Morgan fingerprint density at radius 1 is 1.05 bits per heavy atom. The standard InChI is InChI=1S/C15H27N3O.2ClH/c16-13-4-3-12(9-13)15(19)17-14-5-7-18(8-6-14)10-11-1-2-11;;/h11-14H,1-10,16H2,(H,17,19);2*1H. The number of nitrogens with one attached hydrogen (secondary N) is 1. The van der Waals surface area contributed by atoms with E-state index in [0.717, 1.165) is 51.1 Å². The van der Waals surface area contributed by atoms with Gasteiger partial charge in [0, 0.05) is 37.6 Å². The van der Waals surface area contributed by atoms with Crippen LogP contribution in [0, 0.1) is 11.8 Å². The highest BCUT2D eigenvalue weighted by Gasteiger charge is 2.31. The summed E-state index contributed by atoms with van der Waals surface area (Å²) in [5, 5.41) is 3.25. The largest absolute Gasteiger partial charge is 0.353 e. The molecule has 2 aliphatic carbocycles. The van der Waals surface area contributed by atoms with Gasteiger partial charge >= 0.3 is 0 Å². The molecule has 0 spiro atoms. The molecule has 0 aromatic carbocycles. The summed E-state index contributed by atoms with van der Waals surface area (Å²) in [6.45, 7) is 3.61. The number of amides is 1. The van der Waals surface area contributed by atoms with E-state index in [1.54, 1.807) is 0 Å². The maximum Gasteiger partial charge on any atom is 0.223 e. The molecule has 0 aromatic heterocycles. The molecule has 0 radical (unpaired) electrons. The van der Waals surface area contributed by atoms with Crippen LogP contribution >= 0.6 is 24.8 Å². The molecule has 21 heavy (non-hydrogen) atoms. The number of nitrogens with two attached hydrogens (primary N) is 1. The van der Waals surface area contributed by atoms with Crippen LogP contribution in [0.25, 0.3) is 0 Å². The fourth-order valence-corrected chi connectivity index (χ4v) is 3.50. The molecular formula is C15H29Cl2N3O. The number of hydrogen-bond acceptors (Lipinski definition) is 3. The molecule has 3 fully saturated rings. The van der Waals surface area contributed by atoms with Crippen LogP contribution in [-0.4, -0.2) is 42.5 Å². The summed E-state index contributed by atoms with van der Waals surface area (Å²) in [4.78, 5) is 14.7. The average molecular weight is 338 g/mol. The van der Waals surface area contributed by atoms with Gasteiger partial charge in [0.25, 0.3) is 0 Å². The monoisotopic (exact) mass is 337 g/mol. The number of rotatable bonds is 4. The minimum Gasteiger partial charge on any atom is -0.353 e. The first kappa shape index (κ1) is 19.0. The number of nitrogens with zero attached hydrogens (tertiary/aromatic N) is 1. The van der Waals surface area contributed by atoms with Crippen LogP contribution in [0.15, 0.2) is 0 Å². The quantitative estimate of drug-likeness (QED) is 0.824. The number of carbonyl (C=O) groups is 1. The maximum atomic E-state index is 12.1. The highest BCUT2D eigenvalue weighted by molar-refractivity contribution is 5.85. The first-order chi connectivity index (χ1) is 9.20. The summed E-state index contributed by atoms with van der Waals surface area (Å²) in [5.74, 6) is 1.42. The molecule has 2 atom stereocenters. The van der Waals surface area contributed by atoms with Crippen molar-refractivity contribution in [1.82, 2.24) is 10.2 Å². The molecular weight excluding hydrogens is 309 g/mol. The number of piperidine rings is 1. The van der Waals surface area contributed by atoms with Gasteiger partial charge in [-0.05, 0) is 50.9 Å². The van der Waals surface area contributed by atoms with Crippen molar-refractivity contribution in [2.24, 2.45) is 17.6 Å². The zero-order valence-electron chi connectivity index (χ0n) is 12.6. The number of carbonyl (C=O) groups excluding carboxylic acids is 1. The fourth-order valence-electron chi connectivity index (χ4n) is 3.50. The Morgan fingerprint density at radius 2 is 1.71 bits per heavy atom. The van der Waals surface area contributed by atoms with Crippen LogP contribution in [0.5, 0.6) is 0 Å². The number of halogens is 2. The molecule has 0 bridgehead atoms. The van der Waals surface area contributed by atoms with Gasteiger partial charge in [0.15, 0.2) is 0 Å². The lowest BCUT2D eigenvalue weighted by Gasteiger charge is -2.32. The zero-order chi connectivity index (χ0) is 13.2. The third kappa shape index (κ3) is 5.59. The molecule has 3 N–H and O–H groups in total. The van der Waals surface area contributed by atoms with Gasteiger partial charge in [-0.1, -0.05) is 0 Å². The summed E-state index contributed by atoms with van der Waals surface area (Å²) in [7, 11) is 0. The smallest absolute Gasteiger partial charge is 0.223 e. The Kier molecular flexibility index (Phi) is 7.75. The molecule has 124 valence electrons. The lowest BCUT2D eigenvalue weighted by Crippen LogP contribution is -2.46. The van der Waals surface area contributed by atoms with Crippen LogP contribution in [-0.2, 0) is 4.79 Å². The molecule has 6 heteroatoms. The molecule has 3 rings (SSSR count). The van der Waals surface area contributed by atoms with Crippen molar-refractivity contribution in [3.8, 4) is 0 Å². The summed E-state index contributed by atoms with van der Waals surface area (Å²) in [5.41, 5.74) is 5.88. The Balaban J connectivity index is 0.00000110. The molecule has 1 saturated heterocycles. The van der Waals surface area contributed by atoms with E-state index in [-0.39, 0.29) is 42.7 Å². The van der Waals surface area contributed by atoms with Crippen molar-refractivity contribution in [3.05, 3.63) is 0 Å². The van der Waals surface area contributed by atoms with Gasteiger partial charge in [0.05, 0.1) is 0 Å². The van der Waals surface area contributed by atoms with Crippen molar-refractivity contribution in [3.63, 3.8) is 0 Å². The second-order valence-corrected chi connectivity index (χ2v) is 6.80. The van der Waals surface area contributed by atoms with Gasteiger partial charge in [0.2, 0.25) is 5.91 Å². The van der Waals surface area contributed by atoms with E-state index in [0.29, 0.717) is 6.04 Å². The third-order valence-corrected chi connectivity index (χ3v) is 4.99. The van der Waals surface area contributed by atoms with E-state index in [9.17, 15) is 4.79 Å². The number of likely N-dealkylation sites (tertiary alicyclic amines) is 1. The molecule has 1 amide bonds. The molecule has 0 aromatic rings. The third-order valence-electron chi connectivity index (χ3n) is 4.99. The second kappa shape index (κ2) is 8.56. The lowest BCUT2D eigenvalue weighted by molar-refractivity contribution is -0.125. The summed E-state index contributed by atoms with van der Waals surface area (Å²) < 4.78 is 0. The van der Waals surface area contributed by atoms with E-state index >= 15 is 0 Å². The van der Waals surface area contributed by atoms with Crippen LogP contribution in [0.4, 0.5) is 0 Å². The van der Waals surface area contributed by atoms with Crippen molar-refractivity contribution in [2.45, 2.75) is 57.0 Å². The molecule has 4 nitrogen and oxygen atoms in total. The predicted octanol–water partition coefficient (Wildman–Crippen LogP) is 1.95. The van der Waals surface area contributed by atoms with Gasteiger partial charge in [0.1, 0.15) is 0 Å². The maximum absolute atomic E-state index is 12.1. The van der Waals surface area contributed by atoms with Gasteiger partial charge in [-0.15, -0.1) is 24.8 Å². The zero-order valence-corrected chi connectivity index (χ0v) is 14.3. The fraction of sp³-hybridized carbons (Fsp3) is 0.933. The summed E-state index contributed by atoms with van der Waals surface area (Å²) in [6.07, 6.45) is 7.98. The summed E-state index contributed by atoms with van der Waals surface area (Å²) >= 11 is 0. The van der Waals surface area contributed by atoms with Crippen molar-refractivity contribution in [2.75, 3.05) is 19.6 Å². The van der Waals surface area contributed by atoms with Crippen molar-refractivity contribution in [1.29, 1.82) is 0 Å². The molecule has 3 aliphatic rings. The predicted molar refractivity (Wildman–Crippen MR) is 90.1 cm³/mol. The van der Waals surface area contributed by atoms with E-state index in [1.807, 2.05) is 0 Å². The van der Waals surface area contributed by atoms with Crippen LogP contribution in [0.3, 0.4) is 0 Å². The normalized spacial score (nSPS) is 30.3. The minimum absolute atomic E-state index is 0. The van der Waals surface area contributed by atoms with E-state index in [2.05, 4.69) is 10.2 Å². The Bertz CT molecular complexity index is 331. The van der Waals surface area contributed by atoms with Crippen LogP contribution in [0.1, 0.15) is 44.9 Å². The minimum atomic E-state index is 0. The van der Waals surface area contributed by atoms with Crippen LogP contribution in [0.2, 0.25) is 0 Å². The van der Waals surface area contributed by atoms with Gasteiger partial charge in [-0.25, -0.2) is 0 Å². The SMILES string of the molecule is Cl.Cl.NC1CCC(C(=O)NC2CCN(CC3CC3)CC2)C1. The Hall–Kier alpha value is -0.0300. The second-order valence-electron chi connectivity index (χ2n) is 6.80. The molecule has 1 aliphatic heterocycles. The van der Waals surface area contributed by atoms with Gasteiger partial charge < -0.3 is 16.0 Å². The molecule has 2 saturated carbocycles. The van der Waals surface area contributed by atoms with Gasteiger partial charge in [-0.3, -0.25) is 4.79 Å². The highest BCUT2D eigenvalue weighted by atomic mass is 35.5. The van der Waals surface area contributed by atoms with Crippen molar-refractivity contribution >= 4 is 30.7 Å².